The molecule has 1 aliphatic rings. The molecule has 0 radical (unpaired) electrons. The van der Waals surface area contributed by atoms with Crippen molar-refractivity contribution in [3.8, 4) is 0 Å². The molecule has 24 heavy (non-hydrogen) atoms. The summed E-state index contributed by atoms with van der Waals surface area (Å²) in [5.74, 6) is 0.699. The van der Waals surface area contributed by atoms with Crippen molar-refractivity contribution in [3.63, 3.8) is 0 Å². The van der Waals surface area contributed by atoms with Crippen LogP contribution in [-0.4, -0.2) is 39.8 Å². The molecule has 2 N–H and O–H groups in total. The zero-order valence-corrected chi connectivity index (χ0v) is 14.5. The molecule has 0 bridgehead atoms. The number of nitrogens with zero attached hydrogens (tertiary/aromatic N) is 3. The summed E-state index contributed by atoms with van der Waals surface area (Å²) in [4.78, 5) is 14.5. The SMILES string of the molecule is Cc1cc(NC(=O)NC[C@H](C)N2CCc3ccccc3C2)n(C)n1. The Balaban J connectivity index is 1.50. The first-order valence-electron chi connectivity index (χ1n) is 8.39. The normalized spacial score (nSPS) is 15.6. The lowest BCUT2D eigenvalue weighted by atomic mass is 9.99. The molecule has 1 aromatic carbocycles. The molecular weight excluding hydrogens is 302 g/mol. The highest BCUT2D eigenvalue weighted by atomic mass is 16.2. The Bertz CT molecular complexity index is 724. The van der Waals surface area contributed by atoms with E-state index in [2.05, 4.69) is 51.8 Å². The largest absolute Gasteiger partial charge is 0.336 e. The van der Waals surface area contributed by atoms with Gasteiger partial charge in [-0.1, -0.05) is 24.3 Å². The highest BCUT2D eigenvalue weighted by Gasteiger charge is 2.20. The van der Waals surface area contributed by atoms with E-state index < -0.39 is 0 Å². The molecule has 2 aromatic rings. The molecule has 128 valence electrons. The number of carbonyl (C=O) groups is 1. The second-order valence-electron chi connectivity index (χ2n) is 6.47. The Kier molecular flexibility index (Phi) is 4.85. The van der Waals surface area contributed by atoms with Crippen LogP contribution in [0.25, 0.3) is 0 Å². The van der Waals surface area contributed by atoms with Crippen LogP contribution in [0.15, 0.2) is 30.3 Å². The van der Waals surface area contributed by atoms with E-state index in [9.17, 15) is 4.79 Å². The van der Waals surface area contributed by atoms with E-state index in [1.165, 1.54) is 11.1 Å². The van der Waals surface area contributed by atoms with E-state index >= 15 is 0 Å². The monoisotopic (exact) mass is 327 g/mol. The smallest absolute Gasteiger partial charge is 0.320 e. The zero-order valence-electron chi connectivity index (χ0n) is 14.5. The van der Waals surface area contributed by atoms with E-state index in [0.29, 0.717) is 12.4 Å². The fourth-order valence-corrected chi connectivity index (χ4v) is 3.15. The van der Waals surface area contributed by atoms with Crippen molar-refractivity contribution < 1.29 is 4.79 Å². The van der Waals surface area contributed by atoms with Gasteiger partial charge < -0.3 is 5.32 Å². The number of hydrogen-bond donors (Lipinski definition) is 2. The van der Waals surface area contributed by atoms with Crippen molar-refractivity contribution in [3.05, 3.63) is 47.2 Å². The number of urea groups is 1. The topological polar surface area (TPSA) is 62.2 Å². The summed E-state index contributed by atoms with van der Waals surface area (Å²) < 4.78 is 1.67. The maximum atomic E-state index is 12.1. The fourth-order valence-electron chi connectivity index (χ4n) is 3.15. The molecule has 0 unspecified atom stereocenters. The highest BCUT2D eigenvalue weighted by Crippen LogP contribution is 2.19. The minimum atomic E-state index is -0.192. The summed E-state index contributed by atoms with van der Waals surface area (Å²) in [5, 5.41) is 10.0. The summed E-state index contributed by atoms with van der Waals surface area (Å²) >= 11 is 0. The summed E-state index contributed by atoms with van der Waals surface area (Å²) in [6.07, 6.45) is 1.07. The molecule has 1 aliphatic heterocycles. The van der Waals surface area contributed by atoms with E-state index in [-0.39, 0.29) is 12.1 Å². The molecule has 0 saturated carbocycles. The number of rotatable bonds is 4. The van der Waals surface area contributed by atoms with Crippen LogP contribution in [0.4, 0.5) is 10.6 Å². The van der Waals surface area contributed by atoms with E-state index in [4.69, 9.17) is 0 Å². The zero-order chi connectivity index (χ0) is 17.1. The minimum Gasteiger partial charge on any atom is -0.336 e. The number of nitrogens with one attached hydrogen (secondary N) is 2. The number of amides is 2. The fraction of sp³-hybridized carbons (Fsp3) is 0.444. The Morgan fingerprint density at radius 2 is 2.08 bits per heavy atom. The molecule has 0 aliphatic carbocycles. The first-order valence-corrected chi connectivity index (χ1v) is 8.39. The number of fused-ring (bicyclic) bond motifs is 1. The van der Waals surface area contributed by atoms with Gasteiger partial charge in [0.15, 0.2) is 0 Å². The average Bonchev–Trinajstić information content (AvgIpc) is 2.89. The highest BCUT2D eigenvalue weighted by molar-refractivity contribution is 5.88. The van der Waals surface area contributed by atoms with Gasteiger partial charge in [-0.3, -0.25) is 14.9 Å². The molecule has 1 atom stereocenters. The summed E-state index contributed by atoms with van der Waals surface area (Å²) in [6.45, 7) is 6.65. The number of carbonyl (C=O) groups excluding carboxylic acids is 1. The standard InChI is InChI=1S/C18H25N5O/c1-13-10-17(22(3)21-13)20-18(24)19-11-14(2)23-9-8-15-6-4-5-7-16(15)12-23/h4-7,10,14H,8-9,11-12H2,1-3H3,(H2,19,20,24)/t14-/m0/s1. The van der Waals surface area contributed by atoms with Gasteiger partial charge in [0.2, 0.25) is 0 Å². The molecule has 1 aromatic heterocycles. The van der Waals surface area contributed by atoms with Crippen LogP contribution in [0, 0.1) is 6.92 Å². The number of hydrogen-bond acceptors (Lipinski definition) is 3. The van der Waals surface area contributed by atoms with Crippen molar-refractivity contribution in [1.82, 2.24) is 20.0 Å². The molecule has 6 nitrogen and oxygen atoms in total. The van der Waals surface area contributed by atoms with Crippen LogP contribution in [0.2, 0.25) is 0 Å². The van der Waals surface area contributed by atoms with Gasteiger partial charge in [-0.2, -0.15) is 5.10 Å². The number of anilines is 1. The Morgan fingerprint density at radius 1 is 1.33 bits per heavy atom. The molecule has 0 saturated heterocycles. The Hall–Kier alpha value is -2.34. The maximum Gasteiger partial charge on any atom is 0.320 e. The van der Waals surface area contributed by atoms with Crippen molar-refractivity contribution in [1.29, 1.82) is 0 Å². The second kappa shape index (κ2) is 7.05. The van der Waals surface area contributed by atoms with Gasteiger partial charge >= 0.3 is 6.03 Å². The summed E-state index contributed by atoms with van der Waals surface area (Å²) in [5.41, 5.74) is 3.72. The molecule has 0 fully saturated rings. The van der Waals surface area contributed by atoms with Gasteiger partial charge in [0.1, 0.15) is 5.82 Å². The summed E-state index contributed by atoms with van der Waals surface area (Å²) in [7, 11) is 1.82. The van der Waals surface area contributed by atoms with Gasteiger partial charge in [0, 0.05) is 38.8 Å². The third-order valence-electron chi connectivity index (χ3n) is 4.59. The van der Waals surface area contributed by atoms with Crippen molar-refractivity contribution in [2.75, 3.05) is 18.4 Å². The number of aromatic nitrogens is 2. The van der Waals surface area contributed by atoms with Gasteiger partial charge in [-0.05, 0) is 31.4 Å². The van der Waals surface area contributed by atoms with Gasteiger partial charge in [-0.25, -0.2) is 4.79 Å². The lowest BCUT2D eigenvalue weighted by molar-refractivity contribution is 0.186. The van der Waals surface area contributed by atoms with Crippen LogP contribution in [0.1, 0.15) is 23.7 Å². The third kappa shape index (κ3) is 3.76. The lowest BCUT2D eigenvalue weighted by Crippen LogP contribution is -2.45. The molecule has 2 amide bonds. The Labute approximate surface area is 142 Å². The first kappa shape index (κ1) is 16.5. The summed E-state index contributed by atoms with van der Waals surface area (Å²) in [6, 6.07) is 10.5. The first-order chi connectivity index (χ1) is 11.5. The van der Waals surface area contributed by atoms with Crippen molar-refractivity contribution in [2.24, 2.45) is 7.05 Å². The number of benzene rings is 1. The van der Waals surface area contributed by atoms with E-state index in [0.717, 1.165) is 25.2 Å². The predicted molar refractivity (Wildman–Crippen MR) is 95.0 cm³/mol. The second-order valence-corrected chi connectivity index (χ2v) is 6.47. The van der Waals surface area contributed by atoms with Crippen molar-refractivity contribution >= 4 is 11.8 Å². The third-order valence-corrected chi connectivity index (χ3v) is 4.59. The van der Waals surface area contributed by atoms with E-state index in [1.807, 2.05) is 20.0 Å². The minimum absolute atomic E-state index is 0.192. The van der Waals surface area contributed by atoms with E-state index in [1.54, 1.807) is 4.68 Å². The molecule has 3 rings (SSSR count). The van der Waals surface area contributed by atoms with Crippen LogP contribution < -0.4 is 10.6 Å². The quantitative estimate of drug-likeness (QED) is 0.906. The predicted octanol–water partition coefficient (Wildman–Crippen LogP) is 2.30. The van der Waals surface area contributed by atoms with Gasteiger partial charge in [-0.15, -0.1) is 0 Å². The molecule has 2 heterocycles. The van der Waals surface area contributed by atoms with Crippen LogP contribution >= 0.6 is 0 Å². The Morgan fingerprint density at radius 3 is 2.79 bits per heavy atom. The number of aryl methyl sites for hydroxylation is 2. The van der Waals surface area contributed by atoms with Gasteiger partial charge in [0.05, 0.1) is 5.69 Å². The molecular formula is C18H25N5O. The van der Waals surface area contributed by atoms with Gasteiger partial charge in [0.25, 0.3) is 0 Å². The average molecular weight is 327 g/mol. The van der Waals surface area contributed by atoms with Crippen LogP contribution in [0.3, 0.4) is 0 Å². The lowest BCUT2D eigenvalue weighted by Gasteiger charge is -2.33. The molecule has 0 spiro atoms. The maximum absolute atomic E-state index is 12.1. The van der Waals surface area contributed by atoms with Crippen LogP contribution in [0.5, 0.6) is 0 Å². The molecule has 6 heteroatoms. The van der Waals surface area contributed by atoms with Crippen LogP contribution in [-0.2, 0) is 20.0 Å². The van der Waals surface area contributed by atoms with Crippen molar-refractivity contribution in [2.45, 2.75) is 32.9 Å².